The predicted molar refractivity (Wildman–Crippen MR) is 66.3 cm³/mol. The Morgan fingerprint density at radius 2 is 2.00 bits per heavy atom. The van der Waals surface area contributed by atoms with Gasteiger partial charge in [0.05, 0.1) is 11.0 Å². The molecule has 1 aliphatic heterocycles. The molecule has 0 amide bonds. The Kier molecular flexibility index (Phi) is 3.33. The second-order valence-electron chi connectivity index (χ2n) is 5.11. The summed E-state index contributed by atoms with van der Waals surface area (Å²) in [7, 11) is 0. The number of alkyl halides is 3. The molecule has 1 aromatic rings. The summed E-state index contributed by atoms with van der Waals surface area (Å²) in [5.41, 5.74) is -1.80. The fraction of sp³-hybridized carbons (Fsp3) is 0.462. The van der Waals surface area contributed by atoms with Crippen LogP contribution in [0.4, 0.5) is 13.2 Å². The third kappa shape index (κ3) is 2.33. The van der Waals surface area contributed by atoms with Gasteiger partial charge in [-0.3, -0.25) is 4.79 Å². The number of benzene rings is 1. The van der Waals surface area contributed by atoms with Crippen molar-refractivity contribution in [3.63, 3.8) is 0 Å². The molecule has 1 N–H and O–H groups in total. The van der Waals surface area contributed by atoms with E-state index in [0.29, 0.717) is 10.6 Å². The highest BCUT2D eigenvalue weighted by molar-refractivity contribution is 7.99. The lowest BCUT2D eigenvalue weighted by molar-refractivity contribution is -0.149. The standard InChI is InChI=1S/C13H13F3O2S/c1-12(2,11(17)18)8-6-19-9-5-3-4-7(10(8)9)13(14,15)16/h3-5,8H,6H2,1-2H3,(H,17,18). The van der Waals surface area contributed by atoms with Crippen LogP contribution in [0.1, 0.15) is 30.9 Å². The summed E-state index contributed by atoms with van der Waals surface area (Å²) in [4.78, 5) is 11.8. The number of aliphatic carboxylic acids is 1. The molecule has 6 heteroatoms. The van der Waals surface area contributed by atoms with Gasteiger partial charge < -0.3 is 5.11 Å². The van der Waals surface area contributed by atoms with E-state index in [0.717, 1.165) is 6.07 Å². The fourth-order valence-electron chi connectivity index (χ4n) is 2.25. The van der Waals surface area contributed by atoms with E-state index in [1.807, 2.05) is 0 Å². The molecule has 1 aliphatic rings. The van der Waals surface area contributed by atoms with Gasteiger partial charge in [-0.15, -0.1) is 11.8 Å². The van der Waals surface area contributed by atoms with Crippen LogP contribution < -0.4 is 0 Å². The Balaban J connectivity index is 2.58. The summed E-state index contributed by atoms with van der Waals surface area (Å²) in [6.45, 7) is 2.95. The van der Waals surface area contributed by atoms with Crippen molar-refractivity contribution in [3.8, 4) is 0 Å². The summed E-state index contributed by atoms with van der Waals surface area (Å²) < 4.78 is 39.1. The highest BCUT2D eigenvalue weighted by Gasteiger charge is 2.46. The quantitative estimate of drug-likeness (QED) is 0.894. The van der Waals surface area contributed by atoms with Crippen molar-refractivity contribution >= 4 is 17.7 Å². The Labute approximate surface area is 113 Å². The first-order valence-corrected chi connectivity index (χ1v) is 6.70. The van der Waals surface area contributed by atoms with Gasteiger partial charge in [-0.05, 0) is 31.5 Å². The van der Waals surface area contributed by atoms with E-state index < -0.39 is 29.0 Å². The molecule has 0 saturated heterocycles. The van der Waals surface area contributed by atoms with Crippen molar-refractivity contribution < 1.29 is 23.1 Å². The molecule has 0 aromatic heterocycles. The number of halogens is 3. The average Bonchev–Trinajstić information content (AvgIpc) is 2.70. The van der Waals surface area contributed by atoms with Crippen molar-refractivity contribution in [2.75, 3.05) is 5.75 Å². The fourth-order valence-corrected chi connectivity index (χ4v) is 3.76. The number of carboxylic acids is 1. The van der Waals surface area contributed by atoms with Gasteiger partial charge in [-0.25, -0.2) is 0 Å². The maximum atomic E-state index is 13.0. The van der Waals surface area contributed by atoms with E-state index in [9.17, 15) is 23.1 Å². The van der Waals surface area contributed by atoms with E-state index in [2.05, 4.69) is 0 Å². The molecular formula is C13H13F3O2S. The second-order valence-corrected chi connectivity index (χ2v) is 6.17. The van der Waals surface area contributed by atoms with E-state index in [1.165, 1.54) is 31.7 Å². The molecule has 0 saturated carbocycles. The maximum absolute atomic E-state index is 13.0. The Bertz CT molecular complexity index is 523. The SMILES string of the molecule is CC(C)(C(=O)O)C1CSc2cccc(C(F)(F)F)c21. The number of hydrogen-bond acceptors (Lipinski definition) is 2. The topological polar surface area (TPSA) is 37.3 Å². The maximum Gasteiger partial charge on any atom is 0.416 e. The first kappa shape index (κ1) is 14.2. The Hall–Kier alpha value is -1.17. The summed E-state index contributed by atoms with van der Waals surface area (Å²) in [5, 5.41) is 9.23. The van der Waals surface area contributed by atoms with Crippen molar-refractivity contribution in [2.24, 2.45) is 5.41 Å². The van der Waals surface area contributed by atoms with Crippen LogP contribution >= 0.6 is 11.8 Å². The molecule has 0 bridgehead atoms. The van der Waals surface area contributed by atoms with Crippen molar-refractivity contribution in [1.29, 1.82) is 0 Å². The number of carboxylic acid groups (broad SMARTS) is 1. The zero-order valence-corrected chi connectivity index (χ0v) is 11.2. The third-order valence-electron chi connectivity index (χ3n) is 3.55. The molecule has 0 spiro atoms. The van der Waals surface area contributed by atoms with Gasteiger partial charge in [0.15, 0.2) is 0 Å². The van der Waals surface area contributed by atoms with Crippen molar-refractivity contribution in [3.05, 3.63) is 29.3 Å². The highest BCUT2D eigenvalue weighted by Crippen LogP contribution is 2.52. The minimum Gasteiger partial charge on any atom is -0.481 e. The minimum absolute atomic E-state index is 0.132. The van der Waals surface area contributed by atoms with E-state index in [-0.39, 0.29) is 5.56 Å². The molecule has 1 atom stereocenters. The van der Waals surface area contributed by atoms with Crippen LogP contribution in [0.5, 0.6) is 0 Å². The minimum atomic E-state index is -4.46. The number of fused-ring (bicyclic) bond motifs is 1. The Morgan fingerprint density at radius 3 is 2.53 bits per heavy atom. The monoisotopic (exact) mass is 290 g/mol. The van der Waals surface area contributed by atoms with Crippen LogP contribution in [0.3, 0.4) is 0 Å². The average molecular weight is 290 g/mol. The van der Waals surface area contributed by atoms with Gasteiger partial charge in [0.25, 0.3) is 0 Å². The largest absolute Gasteiger partial charge is 0.481 e. The van der Waals surface area contributed by atoms with Crippen molar-refractivity contribution in [2.45, 2.75) is 30.8 Å². The number of carbonyl (C=O) groups is 1. The molecule has 1 heterocycles. The van der Waals surface area contributed by atoms with Crippen LogP contribution in [-0.2, 0) is 11.0 Å². The second kappa shape index (κ2) is 4.44. The van der Waals surface area contributed by atoms with Crippen LogP contribution in [0.15, 0.2) is 23.1 Å². The molecule has 19 heavy (non-hydrogen) atoms. The van der Waals surface area contributed by atoms with Crippen LogP contribution in [-0.4, -0.2) is 16.8 Å². The molecule has 1 unspecified atom stereocenters. The summed E-state index contributed by atoms with van der Waals surface area (Å²) >= 11 is 1.29. The number of rotatable bonds is 2. The van der Waals surface area contributed by atoms with E-state index >= 15 is 0 Å². The summed E-state index contributed by atoms with van der Waals surface area (Å²) in [6.07, 6.45) is -4.46. The molecule has 0 fully saturated rings. The van der Waals surface area contributed by atoms with Crippen molar-refractivity contribution in [1.82, 2.24) is 0 Å². The van der Waals surface area contributed by atoms with Gasteiger partial charge >= 0.3 is 12.1 Å². The van der Waals surface area contributed by atoms with Gasteiger partial charge in [-0.2, -0.15) is 13.2 Å². The zero-order valence-electron chi connectivity index (χ0n) is 10.4. The zero-order chi connectivity index (χ0) is 14.4. The van der Waals surface area contributed by atoms with Crippen LogP contribution in [0.25, 0.3) is 0 Å². The molecule has 104 valence electrons. The van der Waals surface area contributed by atoms with E-state index in [1.54, 1.807) is 6.07 Å². The first-order chi connectivity index (χ1) is 8.65. The lowest BCUT2D eigenvalue weighted by atomic mass is 9.75. The van der Waals surface area contributed by atoms with Gasteiger partial charge in [-0.1, -0.05) is 6.07 Å². The van der Waals surface area contributed by atoms with E-state index in [4.69, 9.17) is 0 Å². The summed E-state index contributed by atoms with van der Waals surface area (Å²) in [5.74, 6) is -1.35. The molecule has 2 nitrogen and oxygen atoms in total. The highest BCUT2D eigenvalue weighted by atomic mass is 32.2. The van der Waals surface area contributed by atoms with Crippen LogP contribution in [0.2, 0.25) is 0 Å². The molecule has 0 aliphatic carbocycles. The number of thioether (sulfide) groups is 1. The third-order valence-corrected chi connectivity index (χ3v) is 4.71. The normalized spacial score (nSPS) is 19.3. The predicted octanol–water partition coefficient (Wildman–Crippen LogP) is 4.01. The van der Waals surface area contributed by atoms with Gasteiger partial charge in [0, 0.05) is 16.6 Å². The van der Waals surface area contributed by atoms with Gasteiger partial charge in [0.2, 0.25) is 0 Å². The molecule has 0 radical (unpaired) electrons. The Morgan fingerprint density at radius 1 is 1.37 bits per heavy atom. The summed E-state index contributed by atoms with van der Waals surface area (Å²) in [6, 6.07) is 4.01. The molecular weight excluding hydrogens is 277 g/mol. The lowest BCUT2D eigenvalue weighted by Crippen LogP contribution is -2.32. The first-order valence-electron chi connectivity index (χ1n) is 5.72. The smallest absolute Gasteiger partial charge is 0.416 e. The molecule has 1 aromatic carbocycles. The number of hydrogen-bond donors (Lipinski definition) is 1. The lowest BCUT2D eigenvalue weighted by Gasteiger charge is -2.28. The van der Waals surface area contributed by atoms with Crippen LogP contribution in [0, 0.1) is 5.41 Å². The van der Waals surface area contributed by atoms with Gasteiger partial charge in [0.1, 0.15) is 0 Å². The molecule has 2 rings (SSSR count).